The van der Waals surface area contributed by atoms with Crippen molar-refractivity contribution in [3.8, 4) is 0 Å². The van der Waals surface area contributed by atoms with Crippen LogP contribution >= 0.6 is 0 Å². The third kappa shape index (κ3) is 2.04. The zero-order valence-electron chi connectivity index (χ0n) is 9.18. The van der Waals surface area contributed by atoms with Crippen LogP contribution in [0.15, 0.2) is 42.5 Å². The largest absolute Gasteiger partial charge is 0.477 e. The first-order chi connectivity index (χ1) is 8.43. The maximum absolute atomic E-state index is 13.2. The van der Waals surface area contributed by atoms with Crippen molar-refractivity contribution in [1.29, 1.82) is 0 Å². The summed E-state index contributed by atoms with van der Waals surface area (Å²) in [6, 6.07) is 11.2. The number of benzene rings is 2. The molecule has 0 radical (unpaired) electrons. The van der Waals surface area contributed by atoms with Crippen molar-refractivity contribution in [2.75, 3.05) is 0 Å². The highest BCUT2D eigenvalue weighted by atomic mass is 19.3. The Balaban J connectivity index is 2.45. The van der Waals surface area contributed by atoms with Gasteiger partial charge in [0.05, 0.1) is 0 Å². The minimum absolute atomic E-state index is 0.124. The summed E-state index contributed by atoms with van der Waals surface area (Å²) in [5, 5.41) is 19.3. The minimum atomic E-state index is -4.21. The number of fused-ring (bicyclic) bond motifs is 1. The molecule has 5 heteroatoms. The number of carboxylic acid groups (broad SMARTS) is 1. The molecule has 1 unspecified atom stereocenters. The molecule has 0 spiro atoms. The molecule has 1 atom stereocenters. The lowest BCUT2D eigenvalue weighted by Crippen LogP contribution is -2.35. The molecule has 2 aromatic rings. The fourth-order valence-electron chi connectivity index (χ4n) is 1.70. The van der Waals surface area contributed by atoms with E-state index in [9.17, 15) is 18.7 Å². The third-order valence-electron chi connectivity index (χ3n) is 2.72. The lowest BCUT2D eigenvalue weighted by Gasteiger charge is -2.18. The van der Waals surface area contributed by atoms with Crippen molar-refractivity contribution in [3.63, 3.8) is 0 Å². The number of hydrogen-bond donors (Lipinski definition) is 2. The Kier molecular flexibility index (Phi) is 3.00. The van der Waals surface area contributed by atoms with E-state index in [2.05, 4.69) is 0 Å². The van der Waals surface area contributed by atoms with E-state index >= 15 is 0 Å². The van der Waals surface area contributed by atoms with Crippen molar-refractivity contribution < 1.29 is 23.8 Å². The number of alkyl halides is 2. The Morgan fingerprint density at radius 3 is 2.33 bits per heavy atom. The summed E-state index contributed by atoms with van der Waals surface area (Å²) < 4.78 is 26.4. The Morgan fingerprint density at radius 2 is 1.72 bits per heavy atom. The van der Waals surface area contributed by atoms with Crippen LogP contribution in [-0.2, 0) is 4.79 Å². The molecule has 2 aromatic carbocycles. The smallest absolute Gasteiger partial charge is 0.377 e. The van der Waals surface area contributed by atoms with Crippen LogP contribution in [0.1, 0.15) is 11.7 Å². The second-order valence-corrected chi connectivity index (χ2v) is 3.94. The number of aliphatic hydroxyl groups is 1. The van der Waals surface area contributed by atoms with Gasteiger partial charge in [-0.15, -0.1) is 0 Å². The fraction of sp³-hybridized carbons (Fsp3) is 0.154. The highest BCUT2D eigenvalue weighted by Gasteiger charge is 2.47. The number of hydrogen-bond acceptors (Lipinski definition) is 2. The normalized spacial score (nSPS) is 13.5. The van der Waals surface area contributed by atoms with E-state index in [1.807, 2.05) is 0 Å². The first-order valence-corrected chi connectivity index (χ1v) is 5.21. The zero-order valence-corrected chi connectivity index (χ0v) is 9.18. The monoisotopic (exact) mass is 252 g/mol. The quantitative estimate of drug-likeness (QED) is 0.882. The number of aliphatic carboxylic acids is 1. The third-order valence-corrected chi connectivity index (χ3v) is 2.72. The average Bonchev–Trinajstić information content (AvgIpc) is 2.37. The van der Waals surface area contributed by atoms with E-state index in [4.69, 9.17) is 5.11 Å². The predicted octanol–water partition coefficient (Wildman–Crippen LogP) is 2.59. The van der Waals surface area contributed by atoms with E-state index in [-0.39, 0.29) is 5.56 Å². The van der Waals surface area contributed by atoms with Gasteiger partial charge in [0.1, 0.15) is 0 Å². The van der Waals surface area contributed by atoms with Crippen molar-refractivity contribution in [2.24, 2.45) is 0 Å². The van der Waals surface area contributed by atoms with Gasteiger partial charge in [-0.05, 0) is 22.4 Å². The summed E-state index contributed by atoms with van der Waals surface area (Å²) in [6.07, 6.45) is -2.36. The molecule has 94 valence electrons. The van der Waals surface area contributed by atoms with Gasteiger partial charge in [0.15, 0.2) is 6.10 Å². The molecule has 0 aromatic heterocycles. The number of carboxylic acids is 1. The first-order valence-electron chi connectivity index (χ1n) is 5.21. The Bertz CT molecular complexity index is 596. The van der Waals surface area contributed by atoms with Crippen molar-refractivity contribution in [1.82, 2.24) is 0 Å². The highest BCUT2D eigenvalue weighted by Crippen LogP contribution is 2.32. The second-order valence-electron chi connectivity index (χ2n) is 3.94. The molecule has 2 N–H and O–H groups in total. The Labute approximate surface area is 101 Å². The molecule has 0 fully saturated rings. The van der Waals surface area contributed by atoms with Crippen LogP contribution < -0.4 is 0 Å². The molecule has 3 nitrogen and oxygen atoms in total. The summed E-state index contributed by atoms with van der Waals surface area (Å²) in [7, 11) is 0. The summed E-state index contributed by atoms with van der Waals surface area (Å²) in [6.45, 7) is 0. The predicted molar refractivity (Wildman–Crippen MR) is 61.5 cm³/mol. The topological polar surface area (TPSA) is 57.5 Å². The molecule has 0 saturated carbocycles. The number of rotatable bonds is 3. The van der Waals surface area contributed by atoms with Crippen LogP contribution in [0.5, 0.6) is 0 Å². The lowest BCUT2D eigenvalue weighted by molar-refractivity contribution is -0.182. The second kappa shape index (κ2) is 4.34. The van der Waals surface area contributed by atoms with E-state index < -0.39 is 18.0 Å². The summed E-state index contributed by atoms with van der Waals surface area (Å²) >= 11 is 0. The van der Waals surface area contributed by atoms with Crippen molar-refractivity contribution >= 4 is 16.7 Å². The molecule has 18 heavy (non-hydrogen) atoms. The fourth-order valence-corrected chi connectivity index (χ4v) is 1.70. The number of halogens is 2. The number of carbonyl (C=O) groups is 1. The molecule has 0 aliphatic carbocycles. The van der Waals surface area contributed by atoms with Crippen LogP contribution in [0, 0.1) is 0 Å². The van der Waals surface area contributed by atoms with Gasteiger partial charge in [-0.2, -0.15) is 8.78 Å². The van der Waals surface area contributed by atoms with Crippen LogP contribution in [0.2, 0.25) is 0 Å². The molecule has 0 aliphatic rings. The standard InChI is InChI=1S/C13H10F2O3/c14-13(15,12(17)18)11(16)10-6-5-8-3-1-2-4-9(8)7-10/h1-7,11,16H,(H,17,18). The Hall–Kier alpha value is -2.01. The Morgan fingerprint density at radius 1 is 1.11 bits per heavy atom. The molecule has 0 saturated heterocycles. The lowest BCUT2D eigenvalue weighted by atomic mass is 10.00. The molecule has 0 amide bonds. The van der Waals surface area contributed by atoms with Crippen LogP contribution in [-0.4, -0.2) is 22.1 Å². The molecular weight excluding hydrogens is 242 g/mol. The van der Waals surface area contributed by atoms with E-state index in [1.54, 1.807) is 30.3 Å². The maximum atomic E-state index is 13.2. The van der Waals surface area contributed by atoms with Crippen LogP contribution in [0.3, 0.4) is 0 Å². The summed E-state index contributed by atoms with van der Waals surface area (Å²) in [4.78, 5) is 10.4. The highest BCUT2D eigenvalue weighted by molar-refractivity contribution is 5.83. The average molecular weight is 252 g/mol. The molecular formula is C13H10F2O3. The van der Waals surface area contributed by atoms with Gasteiger partial charge in [-0.3, -0.25) is 0 Å². The van der Waals surface area contributed by atoms with Gasteiger partial charge in [-0.1, -0.05) is 36.4 Å². The van der Waals surface area contributed by atoms with Gasteiger partial charge in [0.25, 0.3) is 0 Å². The minimum Gasteiger partial charge on any atom is -0.477 e. The number of aliphatic hydroxyl groups excluding tert-OH is 1. The first kappa shape index (κ1) is 12.4. The zero-order chi connectivity index (χ0) is 13.3. The SMILES string of the molecule is O=C(O)C(F)(F)C(O)c1ccc2ccccc2c1. The van der Waals surface area contributed by atoms with Gasteiger partial charge in [0.2, 0.25) is 0 Å². The van der Waals surface area contributed by atoms with E-state index in [0.29, 0.717) is 5.39 Å². The van der Waals surface area contributed by atoms with Crippen LogP contribution in [0.25, 0.3) is 10.8 Å². The van der Waals surface area contributed by atoms with Gasteiger partial charge in [-0.25, -0.2) is 4.79 Å². The summed E-state index contributed by atoms with van der Waals surface area (Å²) in [5.41, 5.74) is -0.124. The van der Waals surface area contributed by atoms with E-state index in [1.165, 1.54) is 12.1 Å². The molecule has 0 aliphatic heterocycles. The van der Waals surface area contributed by atoms with E-state index in [0.717, 1.165) is 5.39 Å². The van der Waals surface area contributed by atoms with Gasteiger partial charge in [0, 0.05) is 0 Å². The van der Waals surface area contributed by atoms with Gasteiger partial charge < -0.3 is 10.2 Å². The van der Waals surface area contributed by atoms with Crippen molar-refractivity contribution in [2.45, 2.75) is 12.0 Å². The van der Waals surface area contributed by atoms with Crippen molar-refractivity contribution in [3.05, 3.63) is 48.0 Å². The van der Waals surface area contributed by atoms with Crippen LogP contribution in [0.4, 0.5) is 8.78 Å². The molecule has 0 heterocycles. The summed E-state index contributed by atoms with van der Waals surface area (Å²) in [5.74, 6) is -6.55. The molecule has 0 bridgehead atoms. The van der Waals surface area contributed by atoms with Gasteiger partial charge >= 0.3 is 11.9 Å². The maximum Gasteiger partial charge on any atom is 0.377 e. The molecule has 2 rings (SSSR count).